The first kappa shape index (κ1) is 27.6. The van der Waals surface area contributed by atoms with Crippen LogP contribution in [0.25, 0.3) is 0 Å². The van der Waals surface area contributed by atoms with Gasteiger partial charge in [-0.3, -0.25) is 10.1 Å². The number of nitrogens with one attached hydrogen (secondary N) is 2. The predicted molar refractivity (Wildman–Crippen MR) is 124 cm³/mol. The maximum Gasteiger partial charge on any atom is 0.407 e. The molecule has 0 radical (unpaired) electrons. The molecular formula is C25H25F5N2O3S. The van der Waals surface area contributed by atoms with E-state index in [1.54, 1.807) is 0 Å². The third-order valence-corrected chi connectivity index (χ3v) is 8.87. The molecular weight excluding hydrogens is 503 g/mol. The number of halogens is 5. The van der Waals surface area contributed by atoms with Gasteiger partial charge < -0.3 is 5.32 Å². The lowest BCUT2D eigenvalue weighted by Gasteiger charge is -2.31. The first-order valence-corrected chi connectivity index (χ1v) is 12.6. The number of benzene rings is 2. The molecule has 194 valence electrons. The van der Waals surface area contributed by atoms with Crippen molar-refractivity contribution in [2.24, 2.45) is 0 Å². The fourth-order valence-corrected chi connectivity index (χ4v) is 5.25. The van der Waals surface area contributed by atoms with Gasteiger partial charge in [0.05, 0.1) is 10.5 Å². The van der Waals surface area contributed by atoms with Gasteiger partial charge in [-0.25, -0.2) is 17.2 Å². The van der Waals surface area contributed by atoms with Crippen molar-refractivity contribution < 1.29 is 35.2 Å². The van der Waals surface area contributed by atoms with Crippen molar-refractivity contribution in [3.63, 3.8) is 0 Å². The van der Waals surface area contributed by atoms with E-state index in [0.29, 0.717) is 12.8 Å². The summed E-state index contributed by atoms with van der Waals surface area (Å²) in [6.45, 7) is 2.63. The van der Waals surface area contributed by atoms with Gasteiger partial charge in [0.25, 0.3) is 0 Å². The molecule has 2 atom stereocenters. The first-order chi connectivity index (χ1) is 16.6. The molecule has 2 aromatic carbocycles. The second kappa shape index (κ2) is 9.82. The van der Waals surface area contributed by atoms with Gasteiger partial charge in [0.2, 0.25) is 5.91 Å². The van der Waals surface area contributed by atoms with Crippen LogP contribution in [0.4, 0.5) is 22.0 Å². The van der Waals surface area contributed by atoms with Crippen LogP contribution in [-0.4, -0.2) is 37.8 Å². The van der Waals surface area contributed by atoms with Crippen molar-refractivity contribution in [3.8, 4) is 12.3 Å². The molecule has 1 aliphatic rings. The van der Waals surface area contributed by atoms with Gasteiger partial charge in [-0.1, -0.05) is 30.2 Å². The van der Waals surface area contributed by atoms with Crippen LogP contribution in [-0.2, 0) is 19.4 Å². The van der Waals surface area contributed by atoms with Crippen LogP contribution in [0.1, 0.15) is 43.9 Å². The summed E-state index contributed by atoms with van der Waals surface area (Å²) in [5, 5.41) is 4.60. The highest BCUT2D eigenvalue weighted by Gasteiger charge is 2.48. The quantitative estimate of drug-likeness (QED) is 0.379. The Morgan fingerprint density at radius 1 is 1.03 bits per heavy atom. The second-order valence-corrected chi connectivity index (χ2v) is 11.8. The molecule has 11 heteroatoms. The van der Waals surface area contributed by atoms with Crippen molar-refractivity contribution in [1.29, 1.82) is 0 Å². The lowest BCUT2D eigenvalue weighted by atomic mass is 10.0. The van der Waals surface area contributed by atoms with Crippen molar-refractivity contribution in [2.45, 2.75) is 55.2 Å². The minimum absolute atomic E-state index is 0.191. The van der Waals surface area contributed by atoms with E-state index < -0.39 is 67.2 Å². The van der Waals surface area contributed by atoms with Crippen LogP contribution < -0.4 is 10.6 Å². The number of hydrogen-bond acceptors (Lipinski definition) is 4. The van der Waals surface area contributed by atoms with Crippen molar-refractivity contribution in [3.05, 3.63) is 71.3 Å². The summed E-state index contributed by atoms with van der Waals surface area (Å²) in [5.74, 6) is -1.01. The van der Waals surface area contributed by atoms with Gasteiger partial charge in [0, 0.05) is 0 Å². The van der Waals surface area contributed by atoms with E-state index in [1.165, 1.54) is 26.0 Å². The molecule has 0 bridgehead atoms. The van der Waals surface area contributed by atoms with Gasteiger partial charge in [-0.05, 0) is 62.1 Å². The molecule has 0 heterocycles. The lowest BCUT2D eigenvalue weighted by molar-refractivity contribution is -0.160. The number of alkyl halides is 3. The molecule has 0 aromatic heterocycles. The summed E-state index contributed by atoms with van der Waals surface area (Å²) in [7, 11) is -4.32. The molecule has 5 nitrogen and oxygen atoms in total. The number of sulfone groups is 1. The zero-order valence-electron chi connectivity index (χ0n) is 19.5. The number of carbonyl (C=O) groups is 1. The summed E-state index contributed by atoms with van der Waals surface area (Å²) in [6, 6.07) is 3.75. The number of amides is 1. The molecule has 1 amide bonds. The van der Waals surface area contributed by atoms with Gasteiger partial charge in [0.1, 0.15) is 29.3 Å². The zero-order chi connectivity index (χ0) is 26.9. The Kier molecular flexibility index (Phi) is 7.54. The van der Waals surface area contributed by atoms with Gasteiger partial charge in [-0.15, -0.1) is 6.42 Å². The third kappa shape index (κ3) is 6.05. The Morgan fingerprint density at radius 2 is 1.53 bits per heavy atom. The third-order valence-electron chi connectivity index (χ3n) is 6.31. The normalized spacial score (nSPS) is 17.1. The Balaban J connectivity index is 1.98. The maximum atomic E-state index is 14.0. The molecule has 0 aliphatic heterocycles. The summed E-state index contributed by atoms with van der Waals surface area (Å²) >= 11 is 0. The average Bonchev–Trinajstić information content (AvgIpc) is 3.56. The number of hydrogen-bond donors (Lipinski definition) is 2. The molecule has 1 fully saturated rings. The number of rotatable bonds is 9. The average molecular weight is 529 g/mol. The van der Waals surface area contributed by atoms with Crippen molar-refractivity contribution in [2.75, 3.05) is 5.75 Å². The minimum atomic E-state index is -4.95. The van der Waals surface area contributed by atoms with Gasteiger partial charge in [0.15, 0.2) is 9.84 Å². The van der Waals surface area contributed by atoms with Crippen LogP contribution in [0.2, 0.25) is 0 Å². The standard InChI is InChI=1S/C25H25F5N2O3S/c1-4-24(13-14-24)32-22(33)20(31-21(25(28,29)30)16-5-9-18(26)10-6-16)15-36(34,35)23(2,3)17-7-11-19(27)12-8-17/h1,5-12,20-21,31H,13-15H2,2-3H3,(H,32,33)/t20-,21-/m0/s1. The van der Waals surface area contributed by atoms with Crippen LogP contribution in [0.15, 0.2) is 48.5 Å². The van der Waals surface area contributed by atoms with Crippen LogP contribution >= 0.6 is 0 Å². The smallest absolute Gasteiger partial charge is 0.338 e. The Morgan fingerprint density at radius 3 is 1.97 bits per heavy atom. The highest BCUT2D eigenvalue weighted by atomic mass is 32.2. The van der Waals surface area contributed by atoms with Gasteiger partial charge in [-0.2, -0.15) is 13.2 Å². The molecule has 0 unspecified atom stereocenters. The summed E-state index contributed by atoms with van der Waals surface area (Å²) in [5.41, 5.74) is -1.26. The Bertz CT molecular complexity index is 1250. The zero-order valence-corrected chi connectivity index (χ0v) is 20.3. The lowest BCUT2D eigenvalue weighted by Crippen LogP contribution is -2.55. The van der Waals surface area contributed by atoms with E-state index >= 15 is 0 Å². The molecule has 1 aliphatic carbocycles. The fraction of sp³-hybridized carbons (Fsp3) is 0.400. The SMILES string of the molecule is C#CC1(NC(=O)[C@H](CS(=O)(=O)C(C)(C)c2ccc(F)cc2)N[C@@H](c2ccc(F)cc2)C(F)(F)F)CC1. The second-order valence-electron chi connectivity index (χ2n) is 9.26. The maximum absolute atomic E-state index is 14.0. The van der Waals surface area contributed by atoms with E-state index in [2.05, 4.69) is 16.6 Å². The van der Waals surface area contributed by atoms with Crippen LogP contribution in [0, 0.1) is 24.0 Å². The van der Waals surface area contributed by atoms with Crippen LogP contribution in [0.5, 0.6) is 0 Å². The molecule has 3 rings (SSSR count). The number of terminal acetylenes is 1. The van der Waals surface area contributed by atoms with E-state index in [0.717, 1.165) is 36.4 Å². The van der Waals surface area contributed by atoms with Crippen molar-refractivity contribution >= 4 is 15.7 Å². The summed E-state index contributed by atoms with van der Waals surface area (Å²) < 4.78 is 93.9. The molecule has 1 saturated carbocycles. The van der Waals surface area contributed by atoms with Crippen LogP contribution in [0.3, 0.4) is 0 Å². The topological polar surface area (TPSA) is 75.3 Å². The molecule has 2 aromatic rings. The first-order valence-electron chi connectivity index (χ1n) is 11.0. The highest BCUT2D eigenvalue weighted by Crippen LogP contribution is 2.37. The van der Waals surface area contributed by atoms with E-state index in [4.69, 9.17) is 6.42 Å². The largest absolute Gasteiger partial charge is 0.407 e. The van der Waals surface area contributed by atoms with E-state index in [9.17, 15) is 35.2 Å². The summed E-state index contributed by atoms with van der Waals surface area (Å²) in [4.78, 5) is 13.1. The van der Waals surface area contributed by atoms with Gasteiger partial charge >= 0.3 is 6.18 Å². The summed E-state index contributed by atoms with van der Waals surface area (Å²) in [6.07, 6.45) is 1.28. The fourth-order valence-electron chi connectivity index (χ4n) is 3.65. The van der Waals surface area contributed by atoms with E-state index in [-0.39, 0.29) is 5.56 Å². The van der Waals surface area contributed by atoms with Crippen molar-refractivity contribution in [1.82, 2.24) is 10.6 Å². The van der Waals surface area contributed by atoms with E-state index in [1.807, 2.05) is 0 Å². The predicted octanol–water partition coefficient (Wildman–Crippen LogP) is 4.16. The molecule has 0 spiro atoms. The molecule has 0 saturated heterocycles. The molecule has 2 N–H and O–H groups in total. The minimum Gasteiger partial charge on any atom is -0.338 e. The Labute approximate surface area is 206 Å². The monoisotopic (exact) mass is 528 g/mol. The Hall–Kier alpha value is -2.97. The number of carbonyl (C=O) groups excluding carboxylic acids is 1. The highest BCUT2D eigenvalue weighted by molar-refractivity contribution is 7.92. The molecule has 36 heavy (non-hydrogen) atoms.